The molecule has 0 saturated heterocycles. The van der Waals surface area contributed by atoms with E-state index in [1.165, 1.54) is 12.1 Å². The third-order valence-electron chi connectivity index (χ3n) is 2.56. The first-order chi connectivity index (χ1) is 8.45. The van der Waals surface area contributed by atoms with E-state index in [0.29, 0.717) is 5.56 Å². The Morgan fingerprint density at radius 3 is 2.28 bits per heavy atom. The first kappa shape index (κ1) is 14.4. The van der Waals surface area contributed by atoms with Crippen molar-refractivity contribution in [1.82, 2.24) is 0 Å². The second-order valence-corrected chi connectivity index (χ2v) is 4.43. The highest BCUT2D eigenvalue weighted by molar-refractivity contribution is 5.77. The molecule has 0 aromatic heterocycles. The van der Waals surface area contributed by atoms with Crippen molar-refractivity contribution in [3.8, 4) is 0 Å². The molecule has 0 saturated carbocycles. The Morgan fingerprint density at radius 2 is 1.78 bits per heavy atom. The second kappa shape index (κ2) is 6.29. The molecule has 0 heterocycles. The van der Waals surface area contributed by atoms with Crippen LogP contribution in [0.15, 0.2) is 47.6 Å². The Hall–Kier alpha value is -1.70. The maximum absolute atomic E-state index is 13.8. The first-order valence-corrected chi connectivity index (χ1v) is 5.89. The van der Waals surface area contributed by atoms with E-state index >= 15 is 0 Å². The van der Waals surface area contributed by atoms with Crippen LogP contribution in [0, 0.1) is 11.6 Å². The Bertz CT molecular complexity index is 516. The van der Waals surface area contributed by atoms with Crippen molar-refractivity contribution in [3.63, 3.8) is 0 Å². The molecule has 0 aliphatic heterocycles. The molecule has 0 fully saturated rings. The summed E-state index contributed by atoms with van der Waals surface area (Å²) in [4.78, 5) is 0. The van der Waals surface area contributed by atoms with Crippen molar-refractivity contribution >= 4 is 5.57 Å². The van der Waals surface area contributed by atoms with E-state index in [1.807, 2.05) is 45.9 Å². The standard InChI is InChI=1S/C16H18F2/c1-5-6-12(4)9-15(11(2)3)14-8-7-13(17)10-16(14)18/h5-10H,1-4H3/b6-5-,12-9-. The summed E-state index contributed by atoms with van der Waals surface area (Å²) in [6, 6.07) is 3.67. The van der Waals surface area contributed by atoms with Crippen molar-refractivity contribution in [1.29, 1.82) is 0 Å². The SMILES string of the molecule is C/C=C\C(C)=C/C(=C(C)C)c1ccc(F)cc1F. The monoisotopic (exact) mass is 248 g/mol. The molecule has 0 radical (unpaired) electrons. The minimum Gasteiger partial charge on any atom is -0.207 e. The van der Waals surface area contributed by atoms with Gasteiger partial charge < -0.3 is 0 Å². The predicted molar refractivity (Wildman–Crippen MR) is 73.2 cm³/mol. The molecule has 18 heavy (non-hydrogen) atoms. The van der Waals surface area contributed by atoms with E-state index in [9.17, 15) is 8.78 Å². The van der Waals surface area contributed by atoms with Crippen LogP contribution in [0.2, 0.25) is 0 Å². The molecule has 0 aliphatic carbocycles. The third-order valence-corrected chi connectivity index (χ3v) is 2.56. The van der Waals surface area contributed by atoms with Gasteiger partial charge in [-0.3, -0.25) is 0 Å². The normalized spacial score (nSPS) is 12.0. The number of halogens is 2. The van der Waals surface area contributed by atoms with Gasteiger partial charge in [-0.2, -0.15) is 0 Å². The average Bonchev–Trinajstić information content (AvgIpc) is 2.27. The van der Waals surface area contributed by atoms with Gasteiger partial charge in [0.15, 0.2) is 0 Å². The summed E-state index contributed by atoms with van der Waals surface area (Å²) in [6.07, 6.45) is 5.78. The fraction of sp³-hybridized carbons (Fsp3) is 0.250. The molecule has 0 bridgehead atoms. The highest BCUT2D eigenvalue weighted by Crippen LogP contribution is 2.25. The fourth-order valence-electron chi connectivity index (χ4n) is 1.74. The van der Waals surface area contributed by atoms with E-state index in [4.69, 9.17) is 0 Å². The molecule has 1 aromatic rings. The van der Waals surface area contributed by atoms with Crippen LogP contribution in [-0.4, -0.2) is 0 Å². The van der Waals surface area contributed by atoms with Crippen molar-refractivity contribution in [2.75, 3.05) is 0 Å². The summed E-state index contributed by atoms with van der Waals surface area (Å²) in [5.74, 6) is -1.09. The molecule has 0 amide bonds. The molecule has 0 aliphatic rings. The van der Waals surface area contributed by atoms with Crippen LogP contribution in [0.1, 0.15) is 33.3 Å². The third kappa shape index (κ3) is 3.66. The summed E-state index contributed by atoms with van der Waals surface area (Å²) >= 11 is 0. The zero-order valence-electron chi connectivity index (χ0n) is 11.2. The predicted octanol–water partition coefficient (Wildman–Crippen LogP) is 5.28. The average molecular weight is 248 g/mol. The summed E-state index contributed by atoms with van der Waals surface area (Å²) in [6.45, 7) is 7.71. The lowest BCUT2D eigenvalue weighted by Crippen LogP contribution is -1.92. The van der Waals surface area contributed by atoms with Gasteiger partial charge in [-0.1, -0.05) is 29.4 Å². The van der Waals surface area contributed by atoms with Gasteiger partial charge in [0.05, 0.1) is 0 Å². The summed E-state index contributed by atoms with van der Waals surface area (Å²) in [5.41, 5.74) is 3.24. The van der Waals surface area contributed by atoms with Crippen molar-refractivity contribution in [2.24, 2.45) is 0 Å². The number of allylic oxidation sites excluding steroid dienone is 6. The van der Waals surface area contributed by atoms with Gasteiger partial charge in [-0.25, -0.2) is 8.78 Å². The Labute approximate surface area is 107 Å². The molecule has 0 unspecified atom stereocenters. The maximum atomic E-state index is 13.8. The van der Waals surface area contributed by atoms with Gasteiger partial charge in [-0.15, -0.1) is 0 Å². The minimum absolute atomic E-state index is 0.431. The van der Waals surface area contributed by atoms with Gasteiger partial charge in [0, 0.05) is 11.6 Å². The zero-order chi connectivity index (χ0) is 13.7. The lowest BCUT2D eigenvalue weighted by atomic mass is 9.98. The molecular weight excluding hydrogens is 230 g/mol. The van der Waals surface area contributed by atoms with Crippen molar-refractivity contribution < 1.29 is 8.78 Å². The minimum atomic E-state index is -0.557. The Balaban J connectivity index is 3.32. The number of benzene rings is 1. The van der Waals surface area contributed by atoms with Crippen LogP contribution in [0.5, 0.6) is 0 Å². The zero-order valence-corrected chi connectivity index (χ0v) is 11.2. The van der Waals surface area contributed by atoms with Crippen molar-refractivity contribution in [2.45, 2.75) is 27.7 Å². The van der Waals surface area contributed by atoms with E-state index < -0.39 is 11.6 Å². The molecule has 2 heteroatoms. The Morgan fingerprint density at radius 1 is 1.11 bits per heavy atom. The van der Waals surface area contributed by atoms with E-state index in [2.05, 4.69) is 0 Å². The van der Waals surface area contributed by atoms with E-state index in [-0.39, 0.29) is 0 Å². The van der Waals surface area contributed by atoms with Crippen LogP contribution in [0.4, 0.5) is 8.78 Å². The summed E-state index contributed by atoms with van der Waals surface area (Å²) in [7, 11) is 0. The first-order valence-electron chi connectivity index (χ1n) is 5.89. The van der Waals surface area contributed by atoms with E-state index in [1.54, 1.807) is 0 Å². The molecule has 1 aromatic carbocycles. The molecule has 0 atom stereocenters. The Kier molecular flexibility index (Phi) is 5.02. The largest absolute Gasteiger partial charge is 0.207 e. The highest BCUT2D eigenvalue weighted by atomic mass is 19.1. The molecular formula is C16H18F2. The van der Waals surface area contributed by atoms with E-state index in [0.717, 1.165) is 22.8 Å². The van der Waals surface area contributed by atoms with Crippen LogP contribution in [-0.2, 0) is 0 Å². The number of rotatable bonds is 3. The summed E-state index contributed by atoms with van der Waals surface area (Å²) in [5, 5.41) is 0. The molecule has 0 nitrogen and oxygen atoms in total. The van der Waals surface area contributed by atoms with Gasteiger partial charge in [-0.05, 0) is 45.4 Å². The van der Waals surface area contributed by atoms with Crippen LogP contribution < -0.4 is 0 Å². The second-order valence-electron chi connectivity index (χ2n) is 4.43. The maximum Gasteiger partial charge on any atom is 0.133 e. The van der Waals surface area contributed by atoms with Gasteiger partial charge in [0.1, 0.15) is 11.6 Å². The van der Waals surface area contributed by atoms with Gasteiger partial charge in [0.2, 0.25) is 0 Å². The van der Waals surface area contributed by atoms with Gasteiger partial charge >= 0.3 is 0 Å². The fourth-order valence-corrected chi connectivity index (χ4v) is 1.74. The quantitative estimate of drug-likeness (QED) is 0.638. The van der Waals surface area contributed by atoms with Crippen LogP contribution in [0.25, 0.3) is 5.57 Å². The molecule has 0 N–H and O–H groups in total. The van der Waals surface area contributed by atoms with Crippen LogP contribution >= 0.6 is 0 Å². The lowest BCUT2D eigenvalue weighted by Gasteiger charge is -2.08. The number of hydrogen-bond acceptors (Lipinski definition) is 0. The van der Waals surface area contributed by atoms with Gasteiger partial charge in [0.25, 0.3) is 0 Å². The topological polar surface area (TPSA) is 0 Å². The molecule has 0 spiro atoms. The highest BCUT2D eigenvalue weighted by Gasteiger charge is 2.08. The smallest absolute Gasteiger partial charge is 0.133 e. The number of hydrogen-bond donors (Lipinski definition) is 0. The molecule has 96 valence electrons. The lowest BCUT2D eigenvalue weighted by molar-refractivity contribution is 0.581. The molecule has 1 rings (SSSR count). The summed E-state index contributed by atoms with van der Waals surface area (Å²) < 4.78 is 26.7. The van der Waals surface area contributed by atoms with Crippen molar-refractivity contribution in [3.05, 3.63) is 64.8 Å². The van der Waals surface area contributed by atoms with Crippen LogP contribution in [0.3, 0.4) is 0 Å².